The van der Waals surface area contributed by atoms with Crippen LogP contribution >= 0.6 is 37.2 Å². The third-order valence-corrected chi connectivity index (χ3v) is 4.43. The van der Waals surface area contributed by atoms with E-state index in [1.807, 2.05) is 0 Å². The predicted octanol–water partition coefficient (Wildman–Crippen LogP) is 0.885. The molecule has 0 aromatic rings. The molecule has 1 saturated heterocycles. The van der Waals surface area contributed by atoms with Gasteiger partial charge in [0.15, 0.2) is 0 Å². The van der Waals surface area contributed by atoms with E-state index in [0.717, 1.165) is 45.3 Å². The molecule has 2 fully saturated rings. The summed E-state index contributed by atoms with van der Waals surface area (Å²) in [5.74, 6) is 0.0432. The SMILES string of the molecule is CN1CCN(C)C(CNC(=O)C2(N)CCCC2)C1.Cl.Cl.Cl. The number of rotatable bonds is 3. The van der Waals surface area contributed by atoms with Gasteiger partial charge in [-0.3, -0.25) is 9.69 Å². The summed E-state index contributed by atoms with van der Waals surface area (Å²) in [7, 11) is 4.25. The Labute approximate surface area is 146 Å². The van der Waals surface area contributed by atoms with Gasteiger partial charge in [0, 0.05) is 32.2 Å². The summed E-state index contributed by atoms with van der Waals surface area (Å²) in [6.45, 7) is 3.87. The number of nitrogens with one attached hydrogen (secondary N) is 1. The van der Waals surface area contributed by atoms with Crippen molar-refractivity contribution in [3.05, 3.63) is 0 Å². The Hall–Kier alpha value is 0.220. The fourth-order valence-corrected chi connectivity index (χ4v) is 2.94. The molecule has 3 N–H and O–H groups in total. The molecular formula is C13H29Cl3N4O. The van der Waals surface area contributed by atoms with Gasteiger partial charge in [-0.15, -0.1) is 37.2 Å². The Morgan fingerprint density at radius 2 is 1.76 bits per heavy atom. The quantitative estimate of drug-likeness (QED) is 0.781. The molecule has 5 nitrogen and oxygen atoms in total. The van der Waals surface area contributed by atoms with Gasteiger partial charge in [-0.1, -0.05) is 12.8 Å². The van der Waals surface area contributed by atoms with Crippen LogP contribution in [-0.2, 0) is 4.79 Å². The zero-order valence-electron chi connectivity index (χ0n) is 12.8. The number of piperazine rings is 1. The van der Waals surface area contributed by atoms with Crippen LogP contribution in [0.1, 0.15) is 25.7 Å². The Balaban J connectivity index is 0. The highest BCUT2D eigenvalue weighted by Gasteiger charge is 2.37. The third kappa shape index (κ3) is 6.08. The molecule has 2 rings (SSSR count). The van der Waals surface area contributed by atoms with Crippen LogP contribution in [0, 0.1) is 0 Å². The lowest BCUT2D eigenvalue weighted by molar-refractivity contribution is -0.126. The minimum atomic E-state index is -0.598. The molecule has 1 aliphatic carbocycles. The van der Waals surface area contributed by atoms with Crippen molar-refractivity contribution in [2.24, 2.45) is 5.73 Å². The van der Waals surface area contributed by atoms with Crippen LogP contribution in [0.3, 0.4) is 0 Å². The van der Waals surface area contributed by atoms with Gasteiger partial charge in [0.2, 0.25) is 5.91 Å². The van der Waals surface area contributed by atoms with E-state index in [1.165, 1.54) is 0 Å². The molecule has 0 spiro atoms. The van der Waals surface area contributed by atoms with Gasteiger partial charge in [-0.25, -0.2) is 0 Å². The molecule has 1 heterocycles. The molecular weight excluding hydrogens is 335 g/mol. The van der Waals surface area contributed by atoms with Gasteiger partial charge in [-0.2, -0.15) is 0 Å². The normalized spacial score (nSPS) is 25.2. The Morgan fingerprint density at radius 3 is 2.33 bits per heavy atom. The second-order valence-electron chi connectivity index (χ2n) is 5.97. The van der Waals surface area contributed by atoms with Crippen LogP contribution < -0.4 is 11.1 Å². The van der Waals surface area contributed by atoms with Gasteiger partial charge >= 0.3 is 0 Å². The van der Waals surface area contributed by atoms with E-state index in [4.69, 9.17) is 5.73 Å². The van der Waals surface area contributed by atoms with Gasteiger partial charge < -0.3 is 16.0 Å². The second kappa shape index (κ2) is 10.1. The second-order valence-corrected chi connectivity index (χ2v) is 5.97. The maximum Gasteiger partial charge on any atom is 0.240 e. The van der Waals surface area contributed by atoms with E-state index in [1.54, 1.807) is 0 Å². The van der Waals surface area contributed by atoms with Gasteiger partial charge in [0.05, 0.1) is 5.54 Å². The summed E-state index contributed by atoms with van der Waals surface area (Å²) >= 11 is 0. The van der Waals surface area contributed by atoms with Crippen LogP contribution in [0.4, 0.5) is 0 Å². The van der Waals surface area contributed by atoms with Crippen LogP contribution in [0.5, 0.6) is 0 Å². The summed E-state index contributed by atoms with van der Waals surface area (Å²) in [6.07, 6.45) is 3.82. The first-order valence-corrected chi connectivity index (χ1v) is 6.97. The number of amides is 1. The minimum absolute atomic E-state index is 0. The average molecular weight is 364 g/mol. The molecule has 0 aromatic heterocycles. The molecule has 21 heavy (non-hydrogen) atoms. The van der Waals surface area contributed by atoms with Crippen molar-refractivity contribution in [1.82, 2.24) is 15.1 Å². The maximum atomic E-state index is 12.1. The highest BCUT2D eigenvalue weighted by Crippen LogP contribution is 2.27. The largest absolute Gasteiger partial charge is 0.353 e. The van der Waals surface area contributed by atoms with Gasteiger partial charge in [-0.05, 0) is 26.9 Å². The number of halogens is 3. The van der Waals surface area contributed by atoms with Crippen LogP contribution in [-0.4, -0.2) is 67.6 Å². The standard InChI is InChI=1S/C13H26N4O.3ClH/c1-16-7-8-17(2)11(10-16)9-15-12(18)13(14)5-3-4-6-13;;;/h11H,3-10,14H2,1-2H3,(H,15,18);3*1H. The Kier molecular flexibility index (Phi) is 11.3. The smallest absolute Gasteiger partial charge is 0.240 e. The number of carbonyl (C=O) groups excluding carboxylic acids is 1. The summed E-state index contributed by atoms with van der Waals surface area (Å²) in [5.41, 5.74) is 5.55. The predicted molar refractivity (Wildman–Crippen MR) is 94.1 cm³/mol. The van der Waals surface area contributed by atoms with Crippen LogP contribution in [0.25, 0.3) is 0 Å². The van der Waals surface area contributed by atoms with Gasteiger partial charge in [0.25, 0.3) is 0 Å². The van der Waals surface area contributed by atoms with E-state index in [2.05, 4.69) is 29.2 Å². The summed E-state index contributed by atoms with van der Waals surface area (Å²) < 4.78 is 0. The molecule has 0 bridgehead atoms. The van der Waals surface area contributed by atoms with Crippen molar-refractivity contribution in [2.75, 3.05) is 40.3 Å². The third-order valence-electron chi connectivity index (χ3n) is 4.43. The Bertz CT molecular complexity index is 314. The maximum absolute atomic E-state index is 12.1. The molecule has 0 aromatic carbocycles. The summed E-state index contributed by atoms with van der Waals surface area (Å²) in [5, 5.41) is 3.05. The molecule has 0 radical (unpaired) electrons. The lowest BCUT2D eigenvalue weighted by Gasteiger charge is -2.38. The van der Waals surface area contributed by atoms with E-state index in [0.29, 0.717) is 12.6 Å². The van der Waals surface area contributed by atoms with E-state index >= 15 is 0 Å². The van der Waals surface area contributed by atoms with Crippen LogP contribution in [0.2, 0.25) is 0 Å². The molecule has 2 aliphatic rings. The average Bonchev–Trinajstić information content (AvgIpc) is 2.78. The lowest BCUT2D eigenvalue weighted by atomic mass is 9.98. The number of hydrogen-bond donors (Lipinski definition) is 2. The minimum Gasteiger partial charge on any atom is -0.353 e. The van der Waals surface area contributed by atoms with Crippen molar-refractivity contribution in [1.29, 1.82) is 0 Å². The topological polar surface area (TPSA) is 61.6 Å². The fraction of sp³-hybridized carbons (Fsp3) is 0.923. The monoisotopic (exact) mass is 362 g/mol. The zero-order valence-corrected chi connectivity index (χ0v) is 15.3. The van der Waals surface area contributed by atoms with Crippen molar-refractivity contribution in [3.63, 3.8) is 0 Å². The molecule has 1 saturated carbocycles. The fourth-order valence-electron chi connectivity index (χ4n) is 2.94. The van der Waals surface area contributed by atoms with E-state index in [9.17, 15) is 4.79 Å². The molecule has 128 valence electrons. The van der Waals surface area contributed by atoms with Crippen molar-refractivity contribution >= 4 is 43.1 Å². The molecule has 8 heteroatoms. The molecule has 1 amide bonds. The highest BCUT2D eigenvalue weighted by atomic mass is 35.5. The van der Waals surface area contributed by atoms with Crippen molar-refractivity contribution in [3.8, 4) is 0 Å². The first-order chi connectivity index (χ1) is 8.51. The van der Waals surface area contributed by atoms with Crippen molar-refractivity contribution in [2.45, 2.75) is 37.3 Å². The number of nitrogens with zero attached hydrogens (tertiary/aromatic N) is 2. The van der Waals surface area contributed by atoms with Gasteiger partial charge in [0.1, 0.15) is 0 Å². The first kappa shape index (κ1) is 23.5. The Morgan fingerprint density at radius 1 is 1.19 bits per heavy atom. The zero-order chi connectivity index (χ0) is 13.2. The number of carbonyl (C=O) groups is 1. The summed E-state index contributed by atoms with van der Waals surface area (Å²) in [4.78, 5) is 16.8. The van der Waals surface area contributed by atoms with Crippen molar-refractivity contribution < 1.29 is 4.79 Å². The first-order valence-electron chi connectivity index (χ1n) is 6.97. The van der Waals surface area contributed by atoms with E-state index < -0.39 is 5.54 Å². The number of hydrogen-bond acceptors (Lipinski definition) is 4. The highest BCUT2D eigenvalue weighted by molar-refractivity contribution is 5.86. The number of likely N-dealkylation sites (N-methyl/N-ethyl adjacent to an activating group) is 2. The number of nitrogens with two attached hydrogens (primary N) is 1. The summed E-state index contributed by atoms with van der Waals surface area (Å²) in [6, 6.07) is 0.401. The molecule has 1 atom stereocenters. The molecule has 1 aliphatic heterocycles. The van der Waals surface area contributed by atoms with E-state index in [-0.39, 0.29) is 43.1 Å². The van der Waals surface area contributed by atoms with Crippen LogP contribution in [0.15, 0.2) is 0 Å². The lowest BCUT2D eigenvalue weighted by Crippen LogP contribution is -2.58. The molecule has 1 unspecified atom stereocenters.